The Morgan fingerprint density at radius 1 is 1.25 bits per heavy atom. The van der Waals surface area contributed by atoms with E-state index in [-0.39, 0.29) is 29.8 Å². The molecule has 1 heterocycles. The van der Waals surface area contributed by atoms with Crippen molar-refractivity contribution in [1.29, 1.82) is 0 Å². The van der Waals surface area contributed by atoms with Crippen LogP contribution in [0.15, 0.2) is 35.6 Å². The average molecular weight is 505 g/mol. The fourth-order valence-electron chi connectivity index (χ4n) is 2.52. The van der Waals surface area contributed by atoms with Crippen LogP contribution >= 0.6 is 24.0 Å². The quantitative estimate of drug-likeness (QED) is 0.225. The van der Waals surface area contributed by atoms with E-state index in [1.165, 1.54) is 6.07 Å². The number of hydrogen-bond donors (Lipinski definition) is 2. The molecule has 0 bridgehead atoms. The SMILES string of the molecule is CN=C(NCCCOCCOC)NCc1ccc(-n2ccnc2C)c(F)c1.I. The fourth-order valence-corrected chi connectivity index (χ4v) is 2.52. The van der Waals surface area contributed by atoms with E-state index in [0.29, 0.717) is 38.0 Å². The number of rotatable bonds is 10. The highest BCUT2D eigenvalue weighted by Gasteiger charge is 2.08. The molecular formula is C19H29FIN5O2. The predicted octanol–water partition coefficient (Wildman–Crippen LogP) is 2.66. The Morgan fingerprint density at radius 3 is 2.71 bits per heavy atom. The molecule has 2 N–H and O–H groups in total. The molecule has 0 amide bonds. The second-order valence-corrected chi connectivity index (χ2v) is 5.94. The summed E-state index contributed by atoms with van der Waals surface area (Å²) >= 11 is 0. The van der Waals surface area contributed by atoms with Crippen LogP contribution in [0.3, 0.4) is 0 Å². The van der Waals surface area contributed by atoms with Crippen LogP contribution in [-0.2, 0) is 16.0 Å². The van der Waals surface area contributed by atoms with Gasteiger partial charge in [-0.15, -0.1) is 24.0 Å². The van der Waals surface area contributed by atoms with Crippen molar-refractivity contribution in [1.82, 2.24) is 20.2 Å². The number of nitrogens with one attached hydrogen (secondary N) is 2. The van der Waals surface area contributed by atoms with Crippen LogP contribution in [0.4, 0.5) is 4.39 Å². The number of aryl methyl sites for hydroxylation is 1. The maximum Gasteiger partial charge on any atom is 0.191 e. The van der Waals surface area contributed by atoms with Gasteiger partial charge in [-0.1, -0.05) is 6.07 Å². The lowest BCUT2D eigenvalue weighted by Gasteiger charge is -2.13. The van der Waals surface area contributed by atoms with Gasteiger partial charge in [0.15, 0.2) is 5.96 Å². The number of benzene rings is 1. The topological polar surface area (TPSA) is 72.7 Å². The second-order valence-electron chi connectivity index (χ2n) is 5.94. The van der Waals surface area contributed by atoms with Crippen LogP contribution in [0.1, 0.15) is 17.8 Å². The minimum Gasteiger partial charge on any atom is -0.382 e. The van der Waals surface area contributed by atoms with E-state index in [1.54, 1.807) is 37.2 Å². The van der Waals surface area contributed by atoms with Gasteiger partial charge in [-0.05, 0) is 31.0 Å². The molecule has 0 spiro atoms. The monoisotopic (exact) mass is 505 g/mol. The van der Waals surface area contributed by atoms with Gasteiger partial charge in [-0.3, -0.25) is 4.99 Å². The molecule has 1 aromatic carbocycles. The smallest absolute Gasteiger partial charge is 0.191 e. The van der Waals surface area contributed by atoms with E-state index in [4.69, 9.17) is 9.47 Å². The van der Waals surface area contributed by atoms with Crippen molar-refractivity contribution in [3.8, 4) is 5.69 Å². The molecule has 0 aliphatic carbocycles. The van der Waals surface area contributed by atoms with Crippen molar-refractivity contribution in [2.24, 2.45) is 4.99 Å². The molecule has 2 rings (SSSR count). The number of methoxy groups -OCH3 is 1. The first kappa shape index (κ1) is 24.3. The summed E-state index contributed by atoms with van der Waals surface area (Å²) in [6, 6.07) is 5.18. The summed E-state index contributed by atoms with van der Waals surface area (Å²) < 4.78 is 26.5. The summed E-state index contributed by atoms with van der Waals surface area (Å²) in [6.45, 7) is 4.92. The van der Waals surface area contributed by atoms with Gasteiger partial charge in [0.25, 0.3) is 0 Å². The Morgan fingerprint density at radius 2 is 2.07 bits per heavy atom. The predicted molar refractivity (Wildman–Crippen MR) is 119 cm³/mol. The van der Waals surface area contributed by atoms with E-state index in [1.807, 2.05) is 13.0 Å². The normalized spacial score (nSPS) is 11.2. The summed E-state index contributed by atoms with van der Waals surface area (Å²) in [5.74, 6) is 1.13. The van der Waals surface area contributed by atoms with Crippen molar-refractivity contribution in [3.63, 3.8) is 0 Å². The van der Waals surface area contributed by atoms with Gasteiger partial charge < -0.3 is 24.7 Å². The van der Waals surface area contributed by atoms with Crippen molar-refractivity contribution < 1.29 is 13.9 Å². The molecule has 156 valence electrons. The zero-order valence-electron chi connectivity index (χ0n) is 16.6. The van der Waals surface area contributed by atoms with Gasteiger partial charge in [0.05, 0.1) is 18.9 Å². The van der Waals surface area contributed by atoms with Crippen LogP contribution in [0, 0.1) is 12.7 Å². The van der Waals surface area contributed by atoms with Crippen LogP contribution in [0.2, 0.25) is 0 Å². The van der Waals surface area contributed by atoms with E-state index in [0.717, 1.165) is 24.4 Å². The number of halogens is 2. The lowest BCUT2D eigenvalue weighted by atomic mass is 10.2. The highest BCUT2D eigenvalue weighted by molar-refractivity contribution is 14.0. The zero-order valence-corrected chi connectivity index (χ0v) is 18.9. The maximum atomic E-state index is 14.4. The molecule has 0 aliphatic heterocycles. The van der Waals surface area contributed by atoms with E-state index < -0.39 is 0 Å². The minimum absolute atomic E-state index is 0. The number of guanidine groups is 1. The number of ether oxygens (including phenoxy) is 2. The Labute approximate surface area is 182 Å². The van der Waals surface area contributed by atoms with Crippen molar-refractivity contribution in [3.05, 3.63) is 47.8 Å². The van der Waals surface area contributed by atoms with Gasteiger partial charge in [-0.2, -0.15) is 0 Å². The molecule has 9 heteroatoms. The molecule has 0 saturated carbocycles. The molecule has 7 nitrogen and oxygen atoms in total. The average Bonchev–Trinajstić information content (AvgIpc) is 3.09. The van der Waals surface area contributed by atoms with E-state index in [2.05, 4.69) is 20.6 Å². The first-order valence-corrected chi connectivity index (χ1v) is 8.95. The Kier molecular flexibility index (Phi) is 11.7. The second kappa shape index (κ2) is 13.5. The van der Waals surface area contributed by atoms with Crippen molar-refractivity contribution in [2.75, 3.05) is 40.5 Å². The summed E-state index contributed by atoms with van der Waals surface area (Å²) in [5.41, 5.74) is 1.32. The Bertz CT molecular complexity index is 739. The molecule has 28 heavy (non-hydrogen) atoms. The third-order valence-corrected chi connectivity index (χ3v) is 3.97. The third-order valence-electron chi connectivity index (χ3n) is 3.97. The first-order chi connectivity index (χ1) is 13.2. The van der Waals surface area contributed by atoms with Gasteiger partial charge >= 0.3 is 0 Å². The van der Waals surface area contributed by atoms with Crippen LogP contribution in [0.5, 0.6) is 0 Å². The molecule has 0 fully saturated rings. The zero-order chi connectivity index (χ0) is 19.5. The van der Waals surface area contributed by atoms with Gasteiger partial charge in [0, 0.05) is 46.2 Å². The fraction of sp³-hybridized carbons (Fsp3) is 0.474. The summed E-state index contributed by atoms with van der Waals surface area (Å²) in [4.78, 5) is 8.30. The highest BCUT2D eigenvalue weighted by Crippen LogP contribution is 2.16. The van der Waals surface area contributed by atoms with Crippen LogP contribution in [0.25, 0.3) is 5.69 Å². The number of imidazole rings is 1. The molecule has 1 aromatic heterocycles. The lowest BCUT2D eigenvalue weighted by Crippen LogP contribution is -2.37. The molecule has 2 aromatic rings. The highest BCUT2D eigenvalue weighted by atomic mass is 127. The Hall–Kier alpha value is -1.72. The van der Waals surface area contributed by atoms with Crippen LogP contribution < -0.4 is 10.6 Å². The molecule has 0 radical (unpaired) electrons. The molecular weight excluding hydrogens is 476 g/mol. The first-order valence-electron chi connectivity index (χ1n) is 8.95. The number of aliphatic imine (C=N–C) groups is 1. The third kappa shape index (κ3) is 7.72. The van der Waals surface area contributed by atoms with E-state index >= 15 is 0 Å². The number of aromatic nitrogens is 2. The minimum atomic E-state index is -0.286. The maximum absolute atomic E-state index is 14.4. The number of hydrogen-bond acceptors (Lipinski definition) is 4. The van der Waals surface area contributed by atoms with E-state index in [9.17, 15) is 4.39 Å². The van der Waals surface area contributed by atoms with Gasteiger partial charge in [0.1, 0.15) is 11.6 Å². The molecule has 0 saturated heterocycles. The lowest BCUT2D eigenvalue weighted by molar-refractivity contribution is 0.0698. The van der Waals surface area contributed by atoms with Crippen molar-refractivity contribution >= 4 is 29.9 Å². The number of nitrogens with zero attached hydrogens (tertiary/aromatic N) is 3. The van der Waals surface area contributed by atoms with Crippen molar-refractivity contribution in [2.45, 2.75) is 19.9 Å². The summed E-state index contributed by atoms with van der Waals surface area (Å²) in [7, 11) is 3.36. The van der Waals surface area contributed by atoms with Gasteiger partial charge in [0.2, 0.25) is 0 Å². The Balaban J connectivity index is 0.00000392. The molecule has 0 atom stereocenters. The van der Waals surface area contributed by atoms with Gasteiger partial charge in [-0.25, -0.2) is 9.37 Å². The summed E-state index contributed by atoms with van der Waals surface area (Å²) in [5, 5.41) is 6.39. The molecule has 0 aliphatic rings. The molecule has 0 unspecified atom stereocenters. The van der Waals surface area contributed by atoms with Crippen LogP contribution in [-0.4, -0.2) is 56.0 Å². The standard InChI is InChI=1S/C19H28FN5O2.HI/c1-15-22-8-9-25(15)18-6-5-16(13-17(18)20)14-24-19(21-2)23-7-4-10-27-12-11-26-3;/h5-6,8-9,13H,4,7,10-12,14H2,1-3H3,(H2,21,23,24);1H. The largest absolute Gasteiger partial charge is 0.382 e. The summed E-state index contributed by atoms with van der Waals surface area (Å²) in [6.07, 6.45) is 4.26.